The molecule has 2 aromatic rings. The van der Waals surface area contributed by atoms with Gasteiger partial charge in [0.2, 0.25) is 0 Å². The van der Waals surface area contributed by atoms with Gasteiger partial charge in [0.15, 0.2) is 17.3 Å². The fraction of sp³-hybridized carbons (Fsp3) is 0.333. The maximum atomic E-state index is 12.4. The molecule has 7 heteroatoms. The molecule has 1 amide bonds. The smallest absolute Gasteiger partial charge is 0.412 e. The summed E-state index contributed by atoms with van der Waals surface area (Å²) >= 11 is 0. The van der Waals surface area contributed by atoms with Crippen LogP contribution in [0.5, 0.6) is 11.5 Å². The van der Waals surface area contributed by atoms with Crippen LogP contribution in [0.15, 0.2) is 42.5 Å². The van der Waals surface area contributed by atoms with Crippen LogP contribution in [0.25, 0.3) is 0 Å². The number of benzene rings is 2. The van der Waals surface area contributed by atoms with Crippen LogP contribution < -0.4 is 10.1 Å². The average molecular weight is 387 g/mol. The zero-order valence-corrected chi connectivity index (χ0v) is 16.1. The molecule has 2 atom stereocenters. The summed E-state index contributed by atoms with van der Waals surface area (Å²) in [4.78, 5) is 23.7. The van der Waals surface area contributed by atoms with E-state index in [1.54, 1.807) is 36.4 Å². The van der Waals surface area contributed by atoms with Gasteiger partial charge in [0, 0.05) is 17.9 Å². The second-order valence-corrected chi connectivity index (χ2v) is 6.51. The molecule has 0 radical (unpaired) electrons. The predicted molar refractivity (Wildman–Crippen MR) is 105 cm³/mol. The van der Waals surface area contributed by atoms with Gasteiger partial charge in [-0.25, -0.2) is 4.79 Å². The molecule has 2 rings (SSSR count). The molecule has 0 bridgehead atoms. The van der Waals surface area contributed by atoms with E-state index < -0.39 is 12.2 Å². The maximum absolute atomic E-state index is 12.4. The van der Waals surface area contributed by atoms with E-state index in [2.05, 4.69) is 5.32 Å². The van der Waals surface area contributed by atoms with E-state index in [1.165, 1.54) is 20.1 Å². The van der Waals surface area contributed by atoms with Crippen molar-refractivity contribution in [1.29, 1.82) is 0 Å². The quantitative estimate of drug-likeness (QED) is 0.593. The Hall–Kier alpha value is -3.06. The van der Waals surface area contributed by atoms with Crippen LogP contribution >= 0.6 is 0 Å². The van der Waals surface area contributed by atoms with Crippen molar-refractivity contribution in [1.82, 2.24) is 0 Å². The van der Waals surface area contributed by atoms with E-state index in [9.17, 15) is 19.8 Å². The lowest BCUT2D eigenvalue weighted by atomic mass is 9.94. The highest BCUT2D eigenvalue weighted by Gasteiger charge is 2.24. The van der Waals surface area contributed by atoms with Crippen molar-refractivity contribution in [3.63, 3.8) is 0 Å². The number of anilines is 1. The first-order valence-corrected chi connectivity index (χ1v) is 8.92. The highest BCUT2D eigenvalue weighted by Crippen LogP contribution is 2.34. The van der Waals surface area contributed by atoms with E-state index >= 15 is 0 Å². The summed E-state index contributed by atoms with van der Waals surface area (Å²) in [6, 6.07) is 11.2. The number of aromatic hydroxyl groups is 1. The van der Waals surface area contributed by atoms with E-state index in [4.69, 9.17) is 9.47 Å². The van der Waals surface area contributed by atoms with Crippen LogP contribution in [0.2, 0.25) is 0 Å². The number of carbonyl (C=O) groups excluding carboxylic acids is 2. The van der Waals surface area contributed by atoms with Gasteiger partial charge in [-0.3, -0.25) is 10.1 Å². The number of ether oxygens (including phenoxy) is 2. The van der Waals surface area contributed by atoms with Gasteiger partial charge in [-0.15, -0.1) is 0 Å². The van der Waals surface area contributed by atoms with Crippen molar-refractivity contribution in [2.24, 2.45) is 5.92 Å². The van der Waals surface area contributed by atoms with E-state index in [-0.39, 0.29) is 24.1 Å². The fourth-order valence-electron chi connectivity index (χ4n) is 2.80. The van der Waals surface area contributed by atoms with Gasteiger partial charge in [-0.05, 0) is 61.2 Å². The summed E-state index contributed by atoms with van der Waals surface area (Å²) in [5, 5.41) is 21.9. The number of carbonyl (C=O) groups is 2. The lowest BCUT2D eigenvalue weighted by Crippen LogP contribution is -2.22. The van der Waals surface area contributed by atoms with E-state index in [1.807, 2.05) is 6.92 Å². The first-order valence-electron chi connectivity index (χ1n) is 8.92. The van der Waals surface area contributed by atoms with Crippen molar-refractivity contribution in [3.8, 4) is 11.5 Å². The third-order valence-electron chi connectivity index (χ3n) is 4.40. The Bertz CT molecular complexity index is 818. The summed E-state index contributed by atoms with van der Waals surface area (Å²) in [5.74, 6) is -0.00711. The van der Waals surface area contributed by atoms with E-state index in [0.717, 1.165) is 0 Å². The van der Waals surface area contributed by atoms with Crippen LogP contribution in [-0.4, -0.2) is 35.8 Å². The van der Waals surface area contributed by atoms with Crippen molar-refractivity contribution < 1.29 is 29.3 Å². The van der Waals surface area contributed by atoms with Crippen molar-refractivity contribution in [2.45, 2.75) is 26.4 Å². The second-order valence-electron chi connectivity index (χ2n) is 6.51. The van der Waals surface area contributed by atoms with Gasteiger partial charge < -0.3 is 19.7 Å². The monoisotopic (exact) mass is 387 g/mol. The second kappa shape index (κ2) is 9.75. The Balaban J connectivity index is 2.16. The largest absolute Gasteiger partial charge is 0.504 e. The highest BCUT2D eigenvalue weighted by atomic mass is 16.6. The molecule has 7 nitrogen and oxygen atoms in total. The molecule has 0 fully saturated rings. The summed E-state index contributed by atoms with van der Waals surface area (Å²) in [6.07, 6.45) is -0.945. The molecule has 150 valence electrons. The number of amides is 1. The molecular weight excluding hydrogens is 362 g/mol. The fourth-order valence-corrected chi connectivity index (χ4v) is 2.80. The summed E-state index contributed by atoms with van der Waals surface area (Å²) in [6.45, 7) is 3.25. The normalized spacial score (nSPS) is 12.7. The number of nitrogens with one attached hydrogen (secondary N) is 1. The lowest BCUT2D eigenvalue weighted by Gasteiger charge is -2.24. The Morgan fingerprint density at radius 1 is 1.14 bits per heavy atom. The number of hydrogen-bond acceptors (Lipinski definition) is 6. The standard InChI is InChI=1S/C21H25NO6/c1-13(10-11-23)20(16-6-9-19(27-3)18(25)12-16)28-21(26)22-17-7-4-15(5-8-17)14(2)24/h4-9,12-13,20,23,25H,10-11H2,1-3H3,(H,22,26)/t13-,20+/m0/s1. The minimum Gasteiger partial charge on any atom is -0.504 e. The number of Topliss-reactive ketones (excluding diaryl/α,β-unsaturated/α-hetero) is 1. The molecule has 0 aliphatic heterocycles. The molecule has 3 N–H and O–H groups in total. The Kier molecular flexibility index (Phi) is 7.40. The zero-order valence-electron chi connectivity index (χ0n) is 16.1. The molecule has 0 aromatic heterocycles. The van der Waals surface area contributed by atoms with Gasteiger partial charge in [0.25, 0.3) is 0 Å². The van der Waals surface area contributed by atoms with Crippen LogP contribution in [0.1, 0.15) is 42.3 Å². The first kappa shape index (κ1) is 21.2. The topological polar surface area (TPSA) is 105 Å². The third kappa shape index (κ3) is 5.47. The van der Waals surface area contributed by atoms with Crippen LogP contribution in [-0.2, 0) is 4.74 Å². The lowest BCUT2D eigenvalue weighted by molar-refractivity contribution is 0.0666. The summed E-state index contributed by atoms with van der Waals surface area (Å²) in [7, 11) is 1.45. The van der Waals surface area contributed by atoms with Gasteiger partial charge in [0.1, 0.15) is 6.10 Å². The highest BCUT2D eigenvalue weighted by molar-refractivity contribution is 5.95. The van der Waals surface area contributed by atoms with Gasteiger partial charge in [-0.1, -0.05) is 13.0 Å². The van der Waals surface area contributed by atoms with Crippen molar-refractivity contribution >= 4 is 17.6 Å². The number of phenols is 1. The molecule has 0 aliphatic carbocycles. The number of ketones is 1. The van der Waals surface area contributed by atoms with Gasteiger partial charge in [0.05, 0.1) is 7.11 Å². The molecule has 0 saturated carbocycles. The zero-order chi connectivity index (χ0) is 20.7. The molecule has 0 unspecified atom stereocenters. The minimum atomic E-state index is -0.680. The predicted octanol–water partition coefficient (Wildman–Crippen LogP) is 3.91. The third-order valence-corrected chi connectivity index (χ3v) is 4.40. The number of methoxy groups -OCH3 is 1. The summed E-state index contributed by atoms with van der Waals surface area (Å²) < 4.78 is 10.6. The van der Waals surface area contributed by atoms with Crippen molar-refractivity contribution in [3.05, 3.63) is 53.6 Å². The number of rotatable bonds is 8. The Labute approximate surface area is 163 Å². The van der Waals surface area contributed by atoms with Gasteiger partial charge >= 0.3 is 6.09 Å². The first-order chi connectivity index (χ1) is 13.3. The molecule has 28 heavy (non-hydrogen) atoms. The van der Waals surface area contributed by atoms with Crippen LogP contribution in [0, 0.1) is 5.92 Å². The number of aliphatic hydroxyl groups excluding tert-OH is 1. The molecule has 0 saturated heterocycles. The van der Waals surface area contributed by atoms with Gasteiger partial charge in [-0.2, -0.15) is 0 Å². The SMILES string of the molecule is COc1ccc([C@H](OC(=O)Nc2ccc(C(C)=O)cc2)[C@@H](C)CCO)cc1O. The molecule has 2 aromatic carbocycles. The number of phenolic OH excluding ortho intramolecular Hbond substituents is 1. The number of aliphatic hydroxyl groups is 1. The number of hydrogen-bond donors (Lipinski definition) is 3. The Morgan fingerprint density at radius 3 is 2.36 bits per heavy atom. The summed E-state index contributed by atoms with van der Waals surface area (Å²) in [5.41, 5.74) is 1.62. The minimum absolute atomic E-state index is 0.0582. The van der Waals surface area contributed by atoms with Crippen LogP contribution in [0.4, 0.5) is 10.5 Å². The molecule has 0 heterocycles. The molecule has 0 aliphatic rings. The Morgan fingerprint density at radius 2 is 1.82 bits per heavy atom. The van der Waals surface area contributed by atoms with Crippen LogP contribution in [0.3, 0.4) is 0 Å². The van der Waals surface area contributed by atoms with Crippen molar-refractivity contribution in [2.75, 3.05) is 19.0 Å². The van der Waals surface area contributed by atoms with E-state index in [0.29, 0.717) is 29.0 Å². The maximum Gasteiger partial charge on any atom is 0.412 e. The molecular formula is C21H25NO6. The molecule has 0 spiro atoms. The average Bonchev–Trinajstić information content (AvgIpc) is 2.66.